The van der Waals surface area contributed by atoms with Crippen LogP contribution in [0.3, 0.4) is 0 Å². The van der Waals surface area contributed by atoms with Crippen molar-refractivity contribution in [2.24, 2.45) is 0 Å². The van der Waals surface area contributed by atoms with Crippen LogP contribution in [0.15, 0.2) is 34.7 Å². The number of carbonyl (C=O) groups is 1. The number of nitrogens with zero attached hydrogens (tertiary/aromatic N) is 2. The van der Waals surface area contributed by atoms with Crippen molar-refractivity contribution < 1.29 is 13.9 Å². The van der Waals surface area contributed by atoms with E-state index in [-0.39, 0.29) is 5.97 Å². The Morgan fingerprint density at radius 2 is 2.11 bits per heavy atom. The molecule has 0 spiro atoms. The Hall–Kier alpha value is -2.21. The summed E-state index contributed by atoms with van der Waals surface area (Å²) in [4.78, 5) is 11.2. The summed E-state index contributed by atoms with van der Waals surface area (Å²) in [6.07, 6.45) is 0. The van der Waals surface area contributed by atoms with Crippen LogP contribution in [-0.2, 0) is 16.1 Å². The number of hydrogen-bond acceptors (Lipinski definition) is 6. The highest BCUT2D eigenvalue weighted by molar-refractivity contribution is 5.75. The maximum atomic E-state index is 11.2. The highest BCUT2D eigenvalue weighted by atomic mass is 16.5. The van der Waals surface area contributed by atoms with Gasteiger partial charge in [-0.05, 0) is 19.1 Å². The van der Waals surface area contributed by atoms with Crippen LogP contribution >= 0.6 is 0 Å². The van der Waals surface area contributed by atoms with Crippen LogP contribution in [0.1, 0.15) is 12.8 Å². The fraction of sp³-hybridized carbons (Fsp3) is 0.308. The zero-order valence-corrected chi connectivity index (χ0v) is 10.8. The SMILES string of the molecule is COC(=O)C(C)NCc1nnc(-c2ccccc2)o1. The standard InChI is InChI=1S/C13H15N3O3/c1-9(13(17)18-2)14-8-11-15-16-12(19-11)10-6-4-3-5-7-10/h3-7,9,14H,8H2,1-2H3. The molecule has 6 heteroatoms. The number of nitrogens with one attached hydrogen (secondary N) is 1. The van der Waals surface area contributed by atoms with E-state index in [1.807, 2.05) is 30.3 Å². The molecule has 0 amide bonds. The van der Waals surface area contributed by atoms with Gasteiger partial charge in [-0.2, -0.15) is 0 Å². The predicted molar refractivity (Wildman–Crippen MR) is 68.1 cm³/mol. The topological polar surface area (TPSA) is 77.2 Å². The summed E-state index contributed by atoms with van der Waals surface area (Å²) in [5.74, 6) is 0.556. The number of rotatable bonds is 5. The van der Waals surface area contributed by atoms with Gasteiger partial charge in [0.25, 0.3) is 0 Å². The van der Waals surface area contributed by atoms with Gasteiger partial charge in [-0.25, -0.2) is 0 Å². The van der Waals surface area contributed by atoms with E-state index in [1.54, 1.807) is 6.92 Å². The molecule has 0 saturated carbocycles. The van der Waals surface area contributed by atoms with Crippen molar-refractivity contribution in [3.05, 3.63) is 36.2 Å². The van der Waals surface area contributed by atoms with Crippen LogP contribution in [0.5, 0.6) is 0 Å². The second kappa shape index (κ2) is 6.10. The van der Waals surface area contributed by atoms with Gasteiger partial charge in [-0.1, -0.05) is 18.2 Å². The molecule has 100 valence electrons. The van der Waals surface area contributed by atoms with Crippen molar-refractivity contribution in [3.63, 3.8) is 0 Å². The van der Waals surface area contributed by atoms with Crippen molar-refractivity contribution in [1.82, 2.24) is 15.5 Å². The molecule has 1 aromatic carbocycles. The molecule has 0 aliphatic carbocycles. The molecule has 0 fully saturated rings. The molecule has 6 nitrogen and oxygen atoms in total. The smallest absolute Gasteiger partial charge is 0.322 e. The number of ether oxygens (including phenoxy) is 1. The lowest BCUT2D eigenvalue weighted by Gasteiger charge is -2.08. The van der Waals surface area contributed by atoms with Gasteiger partial charge in [0, 0.05) is 5.56 Å². The van der Waals surface area contributed by atoms with Crippen LogP contribution < -0.4 is 5.32 Å². The Kier molecular flexibility index (Phi) is 4.25. The molecule has 0 aliphatic heterocycles. The van der Waals surface area contributed by atoms with E-state index in [0.717, 1.165) is 5.56 Å². The van der Waals surface area contributed by atoms with Crippen LogP contribution in [0, 0.1) is 0 Å². The predicted octanol–water partition coefficient (Wildman–Crippen LogP) is 1.39. The van der Waals surface area contributed by atoms with E-state index < -0.39 is 6.04 Å². The molecule has 2 aromatic rings. The number of methoxy groups -OCH3 is 1. The zero-order valence-electron chi connectivity index (χ0n) is 10.8. The van der Waals surface area contributed by atoms with Crippen molar-refractivity contribution in [2.75, 3.05) is 7.11 Å². The number of carbonyl (C=O) groups excluding carboxylic acids is 1. The number of benzene rings is 1. The van der Waals surface area contributed by atoms with E-state index >= 15 is 0 Å². The fourth-order valence-corrected chi connectivity index (χ4v) is 1.52. The molecule has 1 heterocycles. The largest absolute Gasteiger partial charge is 0.468 e. The van der Waals surface area contributed by atoms with Gasteiger partial charge in [-0.3, -0.25) is 10.1 Å². The molecule has 0 aliphatic rings. The van der Waals surface area contributed by atoms with Gasteiger partial charge >= 0.3 is 5.97 Å². The first kappa shape index (κ1) is 13.2. The number of hydrogen-bond donors (Lipinski definition) is 1. The highest BCUT2D eigenvalue weighted by Crippen LogP contribution is 2.16. The summed E-state index contributed by atoms with van der Waals surface area (Å²) in [5.41, 5.74) is 0.863. The van der Waals surface area contributed by atoms with Gasteiger partial charge < -0.3 is 9.15 Å². The monoisotopic (exact) mass is 261 g/mol. The maximum absolute atomic E-state index is 11.2. The second-order valence-electron chi connectivity index (χ2n) is 3.99. The minimum absolute atomic E-state index is 0.316. The first-order valence-electron chi connectivity index (χ1n) is 5.89. The summed E-state index contributed by atoms with van der Waals surface area (Å²) in [6.45, 7) is 2.02. The van der Waals surface area contributed by atoms with E-state index in [1.165, 1.54) is 7.11 Å². The Labute approximate surface area is 110 Å². The zero-order chi connectivity index (χ0) is 13.7. The molecular weight excluding hydrogens is 246 g/mol. The van der Waals surface area contributed by atoms with Crippen molar-refractivity contribution >= 4 is 5.97 Å². The first-order chi connectivity index (χ1) is 9.20. The molecule has 1 atom stereocenters. The fourth-order valence-electron chi connectivity index (χ4n) is 1.52. The van der Waals surface area contributed by atoms with Crippen molar-refractivity contribution in [2.45, 2.75) is 19.5 Å². The minimum Gasteiger partial charge on any atom is -0.468 e. The Bertz CT molecular complexity index is 539. The third-order valence-electron chi connectivity index (χ3n) is 2.60. The summed E-state index contributed by atoms with van der Waals surface area (Å²) in [6, 6.07) is 9.08. The first-order valence-corrected chi connectivity index (χ1v) is 5.89. The molecule has 2 rings (SSSR count). The minimum atomic E-state index is -0.419. The molecule has 0 bridgehead atoms. The van der Waals surface area contributed by atoms with Gasteiger partial charge in [0.2, 0.25) is 11.8 Å². The molecule has 0 saturated heterocycles. The maximum Gasteiger partial charge on any atom is 0.322 e. The molecule has 1 aromatic heterocycles. The molecular formula is C13H15N3O3. The van der Waals surface area contributed by atoms with E-state index in [4.69, 9.17) is 4.42 Å². The third kappa shape index (κ3) is 3.38. The Balaban J connectivity index is 1.97. The van der Waals surface area contributed by atoms with Crippen molar-refractivity contribution in [1.29, 1.82) is 0 Å². The molecule has 1 N–H and O–H groups in total. The Morgan fingerprint density at radius 3 is 2.79 bits per heavy atom. The van der Waals surface area contributed by atoms with E-state index in [0.29, 0.717) is 18.3 Å². The van der Waals surface area contributed by atoms with Crippen LogP contribution in [-0.4, -0.2) is 29.3 Å². The normalized spacial score (nSPS) is 12.1. The molecule has 1 unspecified atom stereocenters. The molecule has 19 heavy (non-hydrogen) atoms. The van der Waals surface area contributed by atoms with Crippen LogP contribution in [0.2, 0.25) is 0 Å². The lowest BCUT2D eigenvalue weighted by molar-refractivity contribution is -0.142. The third-order valence-corrected chi connectivity index (χ3v) is 2.60. The van der Waals surface area contributed by atoms with Gasteiger partial charge in [0.05, 0.1) is 13.7 Å². The Morgan fingerprint density at radius 1 is 1.37 bits per heavy atom. The van der Waals surface area contributed by atoms with Crippen molar-refractivity contribution in [3.8, 4) is 11.5 Å². The van der Waals surface area contributed by atoms with E-state index in [9.17, 15) is 4.79 Å². The summed E-state index contributed by atoms with van der Waals surface area (Å²) in [7, 11) is 1.35. The average Bonchev–Trinajstić information content (AvgIpc) is 2.93. The van der Waals surface area contributed by atoms with E-state index in [2.05, 4.69) is 20.3 Å². The lowest BCUT2D eigenvalue weighted by atomic mass is 10.2. The summed E-state index contributed by atoms with van der Waals surface area (Å²) >= 11 is 0. The lowest BCUT2D eigenvalue weighted by Crippen LogP contribution is -2.34. The highest BCUT2D eigenvalue weighted by Gasteiger charge is 2.14. The van der Waals surface area contributed by atoms with Gasteiger partial charge in [-0.15, -0.1) is 10.2 Å². The van der Waals surface area contributed by atoms with Gasteiger partial charge in [0.1, 0.15) is 6.04 Å². The summed E-state index contributed by atoms with van der Waals surface area (Å²) in [5, 5.41) is 10.8. The average molecular weight is 261 g/mol. The summed E-state index contributed by atoms with van der Waals surface area (Å²) < 4.78 is 10.1. The molecule has 0 radical (unpaired) electrons. The van der Waals surface area contributed by atoms with Gasteiger partial charge in [0.15, 0.2) is 0 Å². The number of esters is 1. The van der Waals surface area contributed by atoms with Crippen LogP contribution in [0.4, 0.5) is 0 Å². The quantitative estimate of drug-likeness (QED) is 0.819. The second-order valence-corrected chi connectivity index (χ2v) is 3.99. The number of aromatic nitrogens is 2. The van der Waals surface area contributed by atoms with Crippen LogP contribution in [0.25, 0.3) is 11.5 Å².